The first-order valence-electron chi connectivity index (χ1n) is 8.62. The van der Waals surface area contributed by atoms with E-state index in [4.69, 9.17) is 11.5 Å². The number of urea groups is 1. The molecule has 0 radical (unpaired) electrons. The highest BCUT2D eigenvalue weighted by molar-refractivity contribution is 5.85. The maximum Gasteiger partial charge on any atom is 0.314 e. The number of carbonyl (C=O) groups is 2. The second-order valence-electron chi connectivity index (χ2n) is 6.53. The third-order valence-corrected chi connectivity index (χ3v) is 4.83. The Balaban J connectivity index is 0.00000243. The molecule has 2 unspecified atom stereocenters. The molecule has 5 N–H and O–H groups in total. The molecule has 0 aliphatic carbocycles. The molecule has 3 rings (SSSR count). The van der Waals surface area contributed by atoms with Crippen LogP contribution in [0.5, 0.6) is 0 Å². The van der Waals surface area contributed by atoms with Crippen LogP contribution < -0.4 is 16.8 Å². The van der Waals surface area contributed by atoms with E-state index in [1.165, 1.54) is 4.90 Å². The Morgan fingerprint density at radius 2 is 1.92 bits per heavy atom. The molecule has 1 fully saturated rings. The molecule has 2 aromatic rings. The summed E-state index contributed by atoms with van der Waals surface area (Å²) >= 11 is 0. The summed E-state index contributed by atoms with van der Waals surface area (Å²) in [5, 5.41) is 5.30. The van der Waals surface area contributed by atoms with Gasteiger partial charge in [-0.15, -0.1) is 12.4 Å². The van der Waals surface area contributed by atoms with Gasteiger partial charge in [-0.3, -0.25) is 4.79 Å². The van der Waals surface area contributed by atoms with Gasteiger partial charge < -0.3 is 21.7 Å². The van der Waals surface area contributed by atoms with Gasteiger partial charge in [0.2, 0.25) is 5.91 Å². The fourth-order valence-electron chi connectivity index (χ4n) is 3.38. The average molecular weight is 377 g/mol. The Hall–Kier alpha value is -2.31. The number of fused-ring (bicyclic) bond motifs is 1. The van der Waals surface area contributed by atoms with Crippen molar-refractivity contribution < 1.29 is 9.59 Å². The molecule has 2 aromatic carbocycles. The van der Waals surface area contributed by atoms with Crippen molar-refractivity contribution in [3.63, 3.8) is 0 Å². The van der Waals surface area contributed by atoms with E-state index in [1.807, 2.05) is 30.3 Å². The van der Waals surface area contributed by atoms with Crippen LogP contribution in [0.2, 0.25) is 0 Å². The quantitative estimate of drug-likeness (QED) is 0.762. The summed E-state index contributed by atoms with van der Waals surface area (Å²) in [6, 6.07) is 13.5. The van der Waals surface area contributed by atoms with Crippen LogP contribution in [0.4, 0.5) is 4.79 Å². The van der Waals surface area contributed by atoms with Crippen LogP contribution in [-0.4, -0.2) is 36.5 Å². The summed E-state index contributed by atoms with van der Waals surface area (Å²) in [4.78, 5) is 25.5. The number of rotatable bonds is 4. The molecule has 26 heavy (non-hydrogen) atoms. The van der Waals surface area contributed by atoms with Crippen LogP contribution >= 0.6 is 12.4 Å². The summed E-state index contributed by atoms with van der Waals surface area (Å²) in [7, 11) is 0. The number of nitrogens with two attached hydrogens (primary N) is 2. The molecule has 0 bridgehead atoms. The predicted molar refractivity (Wildman–Crippen MR) is 105 cm³/mol. The largest absolute Gasteiger partial charge is 0.351 e. The first kappa shape index (κ1) is 20.0. The molecule has 1 aliphatic heterocycles. The van der Waals surface area contributed by atoms with E-state index in [-0.39, 0.29) is 30.3 Å². The van der Waals surface area contributed by atoms with Crippen molar-refractivity contribution in [3.05, 3.63) is 48.0 Å². The van der Waals surface area contributed by atoms with Gasteiger partial charge in [0, 0.05) is 19.6 Å². The Morgan fingerprint density at radius 1 is 1.19 bits per heavy atom. The number of hydrogen-bond acceptors (Lipinski definition) is 3. The normalized spacial score (nSPS) is 18.0. The lowest BCUT2D eigenvalue weighted by molar-refractivity contribution is -0.127. The Bertz CT molecular complexity index is 783. The van der Waals surface area contributed by atoms with Gasteiger partial charge in [-0.25, -0.2) is 4.79 Å². The SMILES string of the molecule is Cl.NCC(NC(=O)C1CCCN(C(N)=O)C1)c1ccc2ccccc2c1. The lowest BCUT2D eigenvalue weighted by atomic mass is 9.96. The predicted octanol–water partition coefficient (Wildman–Crippen LogP) is 2.17. The average Bonchev–Trinajstić information content (AvgIpc) is 2.65. The molecule has 0 saturated carbocycles. The zero-order chi connectivity index (χ0) is 17.8. The summed E-state index contributed by atoms with van der Waals surface area (Å²) in [5.74, 6) is -0.315. The van der Waals surface area contributed by atoms with Gasteiger partial charge in [0.05, 0.1) is 12.0 Å². The van der Waals surface area contributed by atoms with Gasteiger partial charge in [-0.05, 0) is 35.2 Å². The summed E-state index contributed by atoms with van der Waals surface area (Å²) in [5.41, 5.74) is 12.2. The molecule has 3 amide bonds. The molecule has 1 heterocycles. The van der Waals surface area contributed by atoms with Gasteiger partial charge in [-0.2, -0.15) is 0 Å². The van der Waals surface area contributed by atoms with E-state index in [2.05, 4.69) is 17.4 Å². The number of hydrogen-bond donors (Lipinski definition) is 3. The third kappa shape index (κ3) is 4.45. The van der Waals surface area contributed by atoms with Crippen molar-refractivity contribution in [3.8, 4) is 0 Å². The van der Waals surface area contributed by atoms with Crippen LogP contribution in [-0.2, 0) is 4.79 Å². The van der Waals surface area contributed by atoms with Crippen LogP contribution in [0.1, 0.15) is 24.4 Å². The topological polar surface area (TPSA) is 101 Å². The number of amides is 3. The molecule has 1 aliphatic rings. The first-order valence-corrected chi connectivity index (χ1v) is 8.62. The molecule has 7 heteroatoms. The second kappa shape index (κ2) is 8.87. The fraction of sp³-hybridized carbons (Fsp3) is 0.368. The minimum Gasteiger partial charge on any atom is -0.351 e. The Labute approximate surface area is 159 Å². The monoisotopic (exact) mass is 376 g/mol. The standard InChI is InChI=1S/C19H24N4O2.ClH/c20-11-17(15-8-7-13-4-1-2-5-14(13)10-15)22-18(24)16-6-3-9-23(12-16)19(21)25;/h1-2,4-5,7-8,10,16-17H,3,6,9,11-12,20H2,(H2,21,25)(H,22,24);1H. The molecule has 1 saturated heterocycles. The van der Waals surface area contributed by atoms with E-state index < -0.39 is 6.03 Å². The van der Waals surface area contributed by atoms with Gasteiger partial charge in [0.25, 0.3) is 0 Å². The van der Waals surface area contributed by atoms with Crippen molar-refractivity contribution in [1.29, 1.82) is 0 Å². The van der Waals surface area contributed by atoms with E-state index in [0.717, 1.165) is 29.2 Å². The number of likely N-dealkylation sites (tertiary alicyclic amines) is 1. The van der Waals surface area contributed by atoms with Crippen molar-refractivity contribution in [2.75, 3.05) is 19.6 Å². The lowest BCUT2D eigenvalue weighted by Gasteiger charge is -2.31. The number of nitrogens with zero attached hydrogens (tertiary/aromatic N) is 1. The smallest absolute Gasteiger partial charge is 0.314 e. The molecule has 2 atom stereocenters. The number of primary amides is 1. The zero-order valence-electron chi connectivity index (χ0n) is 14.6. The number of halogens is 1. The van der Waals surface area contributed by atoms with Gasteiger partial charge in [-0.1, -0.05) is 36.4 Å². The van der Waals surface area contributed by atoms with Gasteiger partial charge in [0.1, 0.15) is 0 Å². The number of benzene rings is 2. The highest BCUT2D eigenvalue weighted by atomic mass is 35.5. The van der Waals surface area contributed by atoms with Crippen molar-refractivity contribution in [2.45, 2.75) is 18.9 Å². The molecular formula is C19H25ClN4O2. The Kier molecular flexibility index (Phi) is 6.83. The summed E-state index contributed by atoms with van der Waals surface area (Å²) in [6.07, 6.45) is 1.54. The van der Waals surface area contributed by atoms with Crippen molar-refractivity contribution >= 4 is 35.1 Å². The van der Waals surface area contributed by atoms with Gasteiger partial charge >= 0.3 is 6.03 Å². The lowest BCUT2D eigenvalue weighted by Crippen LogP contribution is -2.48. The summed E-state index contributed by atoms with van der Waals surface area (Å²) in [6.45, 7) is 1.30. The van der Waals surface area contributed by atoms with Crippen molar-refractivity contribution in [1.82, 2.24) is 10.2 Å². The number of nitrogens with one attached hydrogen (secondary N) is 1. The molecule has 6 nitrogen and oxygen atoms in total. The molecule has 0 aromatic heterocycles. The van der Waals surface area contributed by atoms with E-state index in [0.29, 0.717) is 19.6 Å². The Morgan fingerprint density at radius 3 is 2.62 bits per heavy atom. The van der Waals surface area contributed by atoms with Crippen LogP contribution in [0.3, 0.4) is 0 Å². The van der Waals surface area contributed by atoms with Crippen LogP contribution in [0.25, 0.3) is 10.8 Å². The van der Waals surface area contributed by atoms with Crippen LogP contribution in [0, 0.1) is 5.92 Å². The van der Waals surface area contributed by atoms with E-state index in [9.17, 15) is 9.59 Å². The third-order valence-electron chi connectivity index (χ3n) is 4.83. The zero-order valence-corrected chi connectivity index (χ0v) is 15.4. The molecular weight excluding hydrogens is 352 g/mol. The van der Waals surface area contributed by atoms with Crippen LogP contribution in [0.15, 0.2) is 42.5 Å². The maximum atomic E-state index is 12.6. The second-order valence-corrected chi connectivity index (χ2v) is 6.53. The maximum absolute atomic E-state index is 12.6. The fourth-order valence-corrected chi connectivity index (χ4v) is 3.38. The number of carbonyl (C=O) groups excluding carboxylic acids is 2. The van der Waals surface area contributed by atoms with E-state index in [1.54, 1.807) is 0 Å². The minimum absolute atomic E-state index is 0. The first-order chi connectivity index (χ1) is 12.1. The highest BCUT2D eigenvalue weighted by Crippen LogP contribution is 2.22. The minimum atomic E-state index is -0.470. The molecule has 140 valence electrons. The highest BCUT2D eigenvalue weighted by Gasteiger charge is 2.28. The molecule has 0 spiro atoms. The van der Waals surface area contributed by atoms with Crippen molar-refractivity contribution in [2.24, 2.45) is 17.4 Å². The van der Waals surface area contributed by atoms with E-state index >= 15 is 0 Å². The number of piperidine rings is 1. The van der Waals surface area contributed by atoms with Gasteiger partial charge in [0.15, 0.2) is 0 Å². The summed E-state index contributed by atoms with van der Waals surface area (Å²) < 4.78 is 0.